The van der Waals surface area contributed by atoms with E-state index in [1.165, 1.54) is 0 Å². The largest absolute Gasteiger partial charge is 0.444 e. The minimum Gasteiger partial charge on any atom is -0.444 e. The van der Waals surface area contributed by atoms with Gasteiger partial charge in [0.2, 0.25) is 0 Å². The Labute approximate surface area is 91.0 Å². The van der Waals surface area contributed by atoms with Crippen molar-refractivity contribution in [1.29, 1.82) is 0 Å². The Balaban J connectivity index is 2.01. The lowest BCUT2D eigenvalue weighted by atomic mass is 10.2. The van der Waals surface area contributed by atoms with Gasteiger partial charge in [-0.3, -0.25) is 4.90 Å². The molecule has 2 fully saturated rings. The standard InChI is InChI=1S/C11H20N2O2/c1-11(2,3)15-10(14)13-8-4-5-9(13)7-12-6-8/h8-9,12H,4-7H2,1-3H3/t8-,9-/m1/s1. The molecule has 2 aliphatic rings. The normalized spacial score (nSPS) is 30.5. The first-order valence-electron chi connectivity index (χ1n) is 5.69. The van der Waals surface area contributed by atoms with Gasteiger partial charge in [-0.2, -0.15) is 0 Å². The van der Waals surface area contributed by atoms with Crippen molar-refractivity contribution in [3.63, 3.8) is 0 Å². The van der Waals surface area contributed by atoms with E-state index in [1.54, 1.807) is 0 Å². The van der Waals surface area contributed by atoms with E-state index in [4.69, 9.17) is 4.74 Å². The molecule has 86 valence electrons. The number of carbonyl (C=O) groups excluding carboxylic acids is 1. The first-order chi connectivity index (χ1) is 6.97. The van der Waals surface area contributed by atoms with Crippen LogP contribution in [0.3, 0.4) is 0 Å². The third-order valence-electron chi connectivity index (χ3n) is 2.98. The zero-order chi connectivity index (χ0) is 11.1. The van der Waals surface area contributed by atoms with Gasteiger partial charge in [-0.05, 0) is 33.6 Å². The smallest absolute Gasteiger partial charge is 0.410 e. The summed E-state index contributed by atoms with van der Waals surface area (Å²) in [5.41, 5.74) is -0.388. The van der Waals surface area contributed by atoms with E-state index in [2.05, 4.69) is 5.32 Å². The van der Waals surface area contributed by atoms with Gasteiger partial charge in [0.25, 0.3) is 0 Å². The van der Waals surface area contributed by atoms with Crippen LogP contribution in [-0.4, -0.2) is 41.8 Å². The number of nitrogens with one attached hydrogen (secondary N) is 1. The van der Waals surface area contributed by atoms with Gasteiger partial charge in [-0.15, -0.1) is 0 Å². The van der Waals surface area contributed by atoms with Crippen molar-refractivity contribution in [2.24, 2.45) is 0 Å². The summed E-state index contributed by atoms with van der Waals surface area (Å²) in [6.45, 7) is 7.56. The lowest BCUT2D eigenvalue weighted by Gasteiger charge is -2.36. The monoisotopic (exact) mass is 212 g/mol. The molecule has 0 aromatic carbocycles. The number of piperazine rings is 1. The molecule has 2 bridgehead atoms. The van der Waals surface area contributed by atoms with Crippen LogP contribution in [0.1, 0.15) is 33.6 Å². The second-order valence-electron chi connectivity index (χ2n) is 5.43. The summed E-state index contributed by atoms with van der Waals surface area (Å²) >= 11 is 0. The molecule has 0 spiro atoms. The third-order valence-corrected chi connectivity index (χ3v) is 2.98. The number of nitrogens with zero attached hydrogens (tertiary/aromatic N) is 1. The lowest BCUT2D eigenvalue weighted by molar-refractivity contribution is 0.0102. The van der Waals surface area contributed by atoms with E-state index in [0.29, 0.717) is 12.1 Å². The van der Waals surface area contributed by atoms with E-state index in [9.17, 15) is 4.79 Å². The van der Waals surface area contributed by atoms with Gasteiger partial charge < -0.3 is 10.1 Å². The molecule has 2 atom stereocenters. The highest BCUT2D eigenvalue weighted by Crippen LogP contribution is 2.28. The van der Waals surface area contributed by atoms with Crippen molar-refractivity contribution in [2.45, 2.75) is 51.3 Å². The molecule has 4 nitrogen and oxygen atoms in total. The Morgan fingerprint density at radius 2 is 1.80 bits per heavy atom. The second kappa shape index (κ2) is 3.67. The van der Waals surface area contributed by atoms with Gasteiger partial charge in [-0.1, -0.05) is 0 Å². The number of fused-ring (bicyclic) bond motifs is 2. The maximum absolute atomic E-state index is 12.0. The Kier molecular flexibility index (Phi) is 2.63. The van der Waals surface area contributed by atoms with Gasteiger partial charge in [0.15, 0.2) is 0 Å². The summed E-state index contributed by atoms with van der Waals surface area (Å²) in [5, 5.41) is 3.35. The maximum Gasteiger partial charge on any atom is 0.410 e. The number of carbonyl (C=O) groups is 1. The minimum atomic E-state index is -0.388. The van der Waals surface area contributed by atoms with Crippen LogP contribution in [0.15, 0.2) is 0 Å². The molecule has 0 unspecified atom stereocenters. The molecule has 2 heterocycles. The average molecular weight is 212 g/mol. The summed E-state index contributed by atoms with van der Waals surface area (Å²) in [4.78, 5) is 13.9. The lowest BCUT2D eigenvalue weighted by Crippen LogP contribution is -2.55. The van der Waals surface area contributed by atoms with Crippen LogP contribution >= 0.6 is 0 Å². The van der Waals surface area contributed by atoms with Crippen LogP contribution < -0.4 is 5.32 Å². The molecule has 0 saturated carbocycles. The molecular formula is C11H20N2O2. The predicted molar refractivity (Wildman–Crippen MR) is 57.8 cm³/mol. The molecule has 4 heteroatoms. The van der Waals surface area contributed by atoms with E-state index in [-0.39, 0.29) is 11.7 Å². The van der Waals surface area contributed by atoms with E-state index in [0.717, 1.165) is 25.9 Å². The van der Waals surface area contributed by atoms with Crippen LogP contribution in [0.4, 0.5) is 4.79 Å². The van der Waals surface area contributed by atoms with Crippen molar-refractivity contribution in [1.82, 2.24) is 10.2 Å². The molecule has 1 N–H and O–H groups in total. The van der Waals surface area contributed by atoms with Crippen molar-refractivity contribution in [3.8, 4) is 0 Å². The molecule has 1 amide bonds. The number of hydrogen-bond donors (Lipinski definition) is 1. The summed E-state index contributed by atoms with van der Waals surface area (Å²) in [7, 11) is 0. The number of amides is 1. The fourth-order valence-corrected chi connectivity index (χ4v) is 2.39. The summed E-state index contributed by atoms with van der Waals surface area (Å²) in [5.74, 6) is 0. The van der Waals surface area contributed by atoms with Crippen molar-refractivity contribution < 1.29 is 9.53 Å². The summed E-state index contributed by atoms with van der Waals surface area (Å²) in [6.07, 6.45) is 2.07. The molecule has 2 aliphatic heterocycles. The molecule has 0 aliphatic carbocycles. The molecule has 2 rings (SSSR count). The van der Waals surface area contributed by atoms with Crippen LogP contribution in [0, 0.1) is 0 Å². The third kappa shape index (κ3) is 2.25. The van der Waals surface area contributed by atoms with Crippen LogP contribution in [-0.2, 0) is 4.74 Å². The molecule has 15 heavy (non-hydrogen) atoms. The SMILES string of the molecule is CC(C)(C)OC(=O)N1[C@@H]2CC[C@@H]1CNC2. The Morgan fingerprint density at radius 3 is 2.27 bits per heavy atom. The van der Waals surface area contributed by atoms with Gasteiger partial charge in [-0.25, -0.2) is 4.79 Å². The van der Waals surface area contributed by atoms with Gasteiger partial charge >= 0.3 is 6.09 Å². The van der Waals surface area contributed by atoms with Crippen molar-refractivity contribution >= 4 is 6.09 Å². The highest BCUT2D eigenvalue weighted by molar-refractivity contribution is 5.69. The van der Waals surface area contributed by atoms with Crippen LogP contribution in [0.5, 0.6) is 0 Å². The Hall–Kier alpha value is -0.770. The summed E-state index contributed by atoms with van der Waals surface area (Å²) in [6, 6.07) is 0.692. The van der Waals surface area contributed by atoms with E-state index < -0.39 is 0 Å². The second-order valence-corrected chi connectivity index (χ2v) is 5.43. The van der Waals surface area contributed by atoms with Gasteiger partial charge in [0.1, 0.15) is 5.60 Å². The molecule has 0 radical (unpaired) electrons. The number of hydrogen-bond acceptors (Lipinski definition) is 3. The maximum atomic E-state index is 12.0. The zero-order valence-electron chi connectivity index (χ0n) is 9.75. The number of rotatable bonds is 0. The first kappa shape index (κ1) is 10.7. The fraction of sp³-hybridized carbons (Fsp3) is 0.909. The van der Waals surface area contributed by atoms with Crippen molar-refractivity contribution in [3.05, 3.63) is 0 Å². The highest BCUT2D eigenvalue weighted by Gasteiger charge is 2.41. The minimum absolute atomic E-state index is 0.142. The number of ether oxygens (including phenoxy) is 1. The van der Waals surface area contributed by atoms with Crippen LogP contribution in [0.2, 0.25) is 0 Å². The van der Waals surface area contributed by atoms with Gasteiger partial charge in [0.05, 0.1) is 0 Å². The molecule has 2 saturated heterocycles. The molecule has 0 aromatic heterocycles. The quantitative estimate of drug-likeness (QED) is 0.659. The van der Waals surface area contributed by atoms with Gasteiger partial charge in [0, 0.05) is 25.2 Å². The summed E-state index contributed by atoms with van der Waals surface area (Å²) < 4.78 is 5.42. The topological polar surface area (TPSA) is 41.6 Å². The zero-order valence-corrected chi connectivity index (χ0v) is 9.75. The first-order valence-corrected chi connectivity index (χ1v) is 5.69. The molecule has 0 aromatic rings. The van der Waals surface area contributed by atoms with Crippen molar-refractivity contribution in [2.75, 3.05) is 13.1 Å². The fourth-order valence-electron chi connectivity index (χ4n) is 2.39. The van der Waals surface area contributed by atoms with E-state index >= 15 is 0 Å². The predicted octanol–water partition coefficient (Wildman–Crippen LogP) is 1.36. The Morgan fingerprint density at radius 1 is 1.27 bits per heavy atom. The van der Waals surface area contributed by atoms with E-state index in [1.807, 2.05) is 25.7 Å². The average Bonchev–Trinajstić information content (AvgIpc) is 2.34. The Bertz CT molecular complexity index is 244. The highest BCUT2D eigenvalue weighted by atomic mass is 16.6. The van der Waals surface area contributed by atoms with Crippen LogP contribution in [0.25, 0.3) is 0 Å². The molecular weight excluding hydrogens is 192 g/mol.